The number of ether oxygens (including phenoxy) is 2. The zero-order valence-electron chi connectivity index (χ0n) is 16.6. The number of benzene rings is 2. The Morgan fingerprint density at radius 1 is 1.24 bits per heavy atom. The van der Waals surface area contributed by atoms with E-state index in [9.17, 15) is 4.79 Å². The summed E-state index contributed by atoms with van der Waals surface area (Å²) in [6.45, 7) is 3.52. The molecule has 0 atom stereocenters. The SMILES string of the molecule is CCSc1cccc(C(=O)N2CCC(Oc3nc4cc(OC)ccc4s3)CC2)c1. The molecule has 29 heavy (non-hydrogen) atoms. The lowest BCUT2D eigenvalue weighted by Gasteiger charge is -2.31. The molecule has 0 radical (unpaired) electrons. The number of fused-ring (bicyclic) bond motifs is 1. The maximum atomic E-state index is 12.9. The number of carbonyl (C=O) groups excluding carboxylic acids is 1. The van der Waals surface area contributed by atoms with Crippen LogP contribution < -0.4 is 9.47 Å². The van der Waals surface area contributed by atoms with E-state index in [4.69, 9.17) is 9.47 Å². The number of amides is 1. The molecular formula is C22H24N2O3S2. The summed E-state index contributed by atoms with van der Waals surface area (Å²) < 4.78 is 12.5. The second-order valence-electron chi connectivity index (χ2n) is 6.88. The van der Waals surface area contributed by atoms with Crippen LogP contribution in [0.25, 0.3) is 10.2 Å². The summed E-state index contributed by atoms with van der Waals surface area (Å²) >= 11 is 3.30. The number of nitrogens with zero attached hydrogens (tertiary/aromatic N) is 2. The molecule has 4 rings (SSSR count). The topological polar surface area (TPSA) is 51.7 Å². The molecule has 3 aromatic rings. The monoisotopic (exact) mass is 428 g/mol. The van der Waals surface area contributed by atoms with Gasteiger partial charge in [0.05, 0.1) is 17.3 Å². The molecule has 1 fully saturated rings. The molecule has 0 N–H and O–H groups in total. The molecule has 1 aromatic heterocycles. The van der Waals surface area contributed by atoms with Gasteiger partial charge in [-0.2, -0.15) is 0 Å². The third-order valence-corrected chi connectivity index (χ3v) is 6.77. The summed E-state index contributed by atoms with van der Waals surface area (Å²) in [6.07, 6.45) is 1.71. The Balaban J connectivity index is 1.35. The van der Waals surface area contributed by atoms with Crippen molar-refractivity contribution < 1.29 is 14.3 Å². The molecule has 2 heterocycles. The number of piperidine rings is 1. The first kappa shape index (κ1) is 20.0. The largest absolute Gasteiger partial charge is 0.497 e. The average Bonchev–Trinajstić information content (AvgIpc) is 3.15. The van der Waals surface area contributed by atoms with Crippen LogP contribution in [0.5, 0.6) is 10.9 Å². The first-order valence-electron chi connectivity index (χ1n) is 9.79. The van der Waals surface area contributed by atoms with Gasteiger partial charge in [-0.1, -0.05) is 24.3 Å². The molecule has 0 spiro atoms. The summed E-state index contributed by atoms with van der Waals surface area (Å²) in [6, 6.07) is 13.8. The molecule has 2 aromatic carbocycles. The highest BCUT2D eigenvalue weighted by atomic mass is 32.2. The average molecular weight is 429 g/mol. The van der Waals surface area contributed by atoms with Gasteiger partial charge in [0.15, 0.2) is 0 Å². The number of thiazole rings is 1. The Kier molecular flexibility index (Phi) is 6.25. The molecule has 0 aliphatic carbocycles. The Morgan fingerprint density at radius 3 is 2.83 bits per heavy atom. The highest BCUT2D eigenvalue weighted by Gasteiger charge is 2.25. The minimum atomic E-state index is 0.0866. The fourth-order valence-electron chi connectivity index (χ4n) is 3.45. The zero-order chi connectivity index (χ0) is 20.2. The lowest BCUT2D eigenvalue weighted by Crippen LogP contribution is -2.41. The predicted octanol–water partition coefficient (Wildman–Crippen LogP) is 5.10. The van der Waals surface area contributed by atoms with Crippen molar-refractivity contribution in [3.8, 4) is 10.9 Å². The quantitative estimate of drug-likeness (QED) is 0.511. The van der Waals surface area contributed by atoms with Gasteiger partial charge in [0.2, 0.25) is 0 Å². The number of thioether (sulfide) groups is 1. The minimum absolute atomic E-state index is 0.0866. The third-order valence-electron chi connectivity index (χ3n) is 4.96. The Morgan fingerprint density at radius 2 is 2.07 bits per heavy atom. The Bertz CT molecular complexity index is 997. The van der Waals surface area contributed by atoms with Crippen LogP contribution in [-0.4, -0.2) is 47.8 Å². The number of rotatable bonds is 6. The van der Waals surface area contributed by atoms with Crippen LogP contribution in [0.4, 0.5) is 0 Å². The van der Waals surface area contributed by atoms with Crippen LogP contribution in [0.3, 0.4) is 0 Å². The van der Waals surface area contributed by atoms with Gasteiger partial charge in [0, 0.05) is 42.5 Å². The number of aromatic nitrogens is 1. The van der Waals surface area contributed by atoms with E-state index in [0.29, 0.717) is 18.3 Å². The summed E-state index contributed by atoms with van der Waals surface area (Å²) in [5.74, 6) is 1.90. The molecule has 1 aliphatic rings. The second-order valence-corrected chi connectivity index (χ2v) is 9.21. The van der Waals surface area contributed by atoms with Gasteiger partial charge < -0.3 is 14.4 Å². The van der Waals surface area contributed by atoms with Crippen molar-refractivity contribution in [2.24, 2.45) is 0 Å². The third kappa shape index (κ3) is 4.67. The lowest BCUT2D eigenvalue weighted by molar-refractivity contribution is 0.0595. The molecule has 1 saturated heterocycles. The molecule has 5 nitrogen and oxygen atoms in total. The first-order chi connectivity index (χ1) is 14.2. The van der Waals surface area contributed by atoms with Gasteiger partial charge in [0.1, 0.15) is 11.9 Å². The van der Waals surface area contributed by atoms with Crippen molar-refractivity contribution in [1.82, 2.24) is 9.88 Å². The van der Waals surface area contributed by atoms with Crippen molar-refractivity contribution in [1.29, 1.82) is 0 Å². The number of hydrogen-bond acceptors (Lipinski definition) is 6. The van der Waals surface area contributed by atoms with Crippen molar-refractivity contribution in [2.75, 3.05) is 26.0 Å². The fourth-order valence-corrected chi connectivity index (χ4v) is 5.03. The maximum absolute atomic E-state index is 12.9. The van der Waals surface area contributed by atoms with Crippen LogP contribution in [0.1, 0.15) is 30.1 Å². The molecule has 1 amide bonds. The normalized spacial score (nSPS) is 14.9. The summed E-state index contributed by atoms with van der Waals surface area (Å²) in [5.41, 5.74) is 1.66. The van der Waals surface area contributed by atoms with E-state index in [1.807, 2.05) is 41.3 Å². The number of hydrogen-bond donors (Lipinski definition) is 0. The molecular weight excluding hydrogens is 404 g/mol. The minimum Gasteiger partial charge on any atom is -0.497 e. The van der Waals surface area contributed by atoms with Gasteiger partial charge in [-0.25, -0.2) is 4.98 Å². The van der Waals surface area contributed by atoms with Crippen LogP contribution in [0.2, 0.25) is 0 Å². The van der Waals surface area contributed by atoms with Gasteiger partial charge in [0.25, 0.3) is 11.1 Å². The smallest absolute Gasteiger partial charge is 0.274 e. The van der Waals surface area contributed by atoms with Crippen LogP contribution in [0.15, 0.2) is 47.4 Å². The number of likely N-dealkylation sites (tertiary alicyclic amines) is 1. The Hall–Kier alpha value is -2.25. The van der Waals surface area contributed by atoms with Crippen LogP contribution >= 0.6 is 23.1 Å². The van der Waals surface area contributed by atoms with Gasteiger partial charge in [-0.05, 0) is 36.1 Å². The van der Waals surface area contributed by atoms with E-state index < -0.39 is 0 Å². The lowest BCUT2D eigenvalue weighted by atomic mass is 10.1. The van der Waals surface area contributed by atoms with Gasteiger partial charge >= 0.3 is 0 Å². The van der Waals surface area contributed by atoms with Gasteiger partial charge in [-0.3, -0.25) is 4.79 Å². The maximum Gasteiger partial charge on any atom is 0.274 e. The van der Waals surface area contributed by atoms with E-state index >= 15 is 0 Å². The zero-order valence-corrected chi connectivity index (χ0v) is 18.2. The molecule has 7 heteroatoms. The molecule has 152 valence electrons. The van der Waals surface area contributed by atoms with Crippen LogP contribution in [0, 0.1) is 0 Å². The van der Waals surface area contributed by atoms with Crippen molar-refractivity contribution >= 4 is 39.2 Å². The first-order valence-corrected chi connectivity index (χ1v) is 11.6. The van der Waals surface area contributed by atoms with E-state index in [2.05, 4.69) is 18.0 Å². The highest BCUT2D eigenvalue weighted by molar-refractivity contribution is 7.99. The van der Waals surface area contributed by atoms with E-state index in [1.54, 1.807) is 30.2 Å². The van der Waals surface area contributed by atoms with Crippen molar-refractivity contribution in [3.05, 3.63) is 48.0 Å². The van der Waals surface area contributed by atoms with Crippen molar-refractivity contribution in [3.63, 3.8) is 0 Å². The van der Waals surface area contributed by atoms with E-state index in [0.717, 1.165) is 45.0 Å². The van der Waals surface area contributed by atoms with Crippen molar-refractivity contribution in [2.45, 2.75) is 30.8 Å². The Labute approximate surface area is 179 Å². The molecule has 0 bridgehead atoms. The van der Waals surface area contributed by atoms with E-state index in [-0.39, 0.29) is 12.0 Å². The summed E-state index contributed by atoms with van der Waals surface area (Å²) in [5, 5.41) is 0.683. The molecule has 1 aliphatic heterocycles. The highest BCUT2D eigenvalue weighted by Crippen LogP contribution is 2.32. The van der Waals surface area contributed by atoms with Crippen LogP contribution in [-0.2, 0) is 0 Å². The second kappa shape index (κ2) is 9.05. The molecule has 0 unspecified atom stereocenters. The van der Waals surface area contributed by atoms with Gasteiger partial charge in [-0.15, -0.1) is 11.8 Å². The summed E-state index contributed by atoms with van der Waals surface area (Å²) in [7, 11) is 1.65. The fraction of sp³-hybridized carbons (Fsp3) is 0.364. The standard InChI is InChI=1S/C22H24N2O3S2/c1-3-28-18-6-4-5-15(13-18)21(25)24-11-9-16(10-12-24)27-22-23-19-14-17(26-2)7-8-20(19)29-22/h4-8,13-14,16H,3,9-12H2,1-2H3. The van der Waals surface area contributed by atoms with E-state index in [1.165, 1.54) is 0 Å². The summed E-state index contributed by atoms with van der Waals surface area (Å²) in [4.78, 5) is 20.5. The number of methoxy groups -OCH3 is 1. The predicted molar refractivity (Wildman–Crippen MR) is 119 cm³/mol. The molecule has 0 saturated carbocycles. The number of carbonyl (C=O) groups is 1.